The normalized spacial score (nSPS) is 11.3. The van der Waals surface area contributed by atoms with Crippen molar-refractivity contribution in [3.05, 3.63) is 237 Å². The minimum Gasteiger partial charge on any atom is -0.310 e. The van der Waals surface area contributed by atoms with Crippen LogP contribution in [-0.4, -0.2) is 0 Å². The van der Waals surface area contributed by atoms with Gasteiger partial charge in [0.2, 0.25) is 0 Å². The lowest BCUT2D eigenvalue weighted by molar-refractivity contribution is 1.29. The van der Waals surface area contributed by atoms with Gasteiger partial charge in [-0.2, -0.15) is 0 Å². The van der Waals surface area contributed by atoms with Gasteiger partial charge in [0.05, 0.1) is 0 Å². The number of nitrogens with zero attached hydrogens (tertiary/aromatic N) is 1. The second-order valence-corrected chi connectivity index (χ2v) is 16.4. The van der Waals surface area contributed by atoms with Crippen molar-refractivity contribution in [2.24, 2.45) is 0 Å². The summed E-state index contributed by atoms with van der Waals surface area (Å²) in [5.41, 5.74) is 15.5. The maximum Gasteiger partial charge on any atom is 0.0476 e. The van der Waals surface area contributed by atoms with Gasteiger partial charge in [0.1, 0.15) is 0 Å². The van der Waals surface area contributed by atoms with Crippen molar-refractivity contribution in [3.8, 4) is 55.6 Å². The van der Waals surface area contributed by atoms with E-state index in [0.717, 1.165) is 17.1 Å². The Bertz CT molecular complexity index is 3270. The maximum absolute atomic E-state index is 2.39. The molecule has 0 amide bonds. The minimum absolute atomic E-state index is 1.11. The van der Waals surface area contributed by atoms with E-state index in [1.165, 1.54) is 86.6 Å². The van der Waals surface area contributed by atoms with Gasteiger partial charge in [0.15, 0.2) is 0 Å². The van der Waals surface area contributed by atoms with Gasteiger partial charge in [-0.15, -0.1) is 11.3 Å². The predicted molar refractivity (Wildman–Crippen MR) is 259 cm³/mol. The zero-order valence-corrected chi connectivity index (χ0v) is 33.7. The fraction of sp³-hybridized carbons (Fsp3) is 0. The fourth-order valence-corrected chi connectivity index (χ4v) is 9.92. The Morgan fingerprint density at radius 1 is 0.267 bits per heavy atom. The molecule has 0 saturated carbocycles. The minimum atomic E-state index is 1.11. The summed E-state index contributed by atoms with van der Waals surface area (Å²) in [5, 5.41) is 5.12. The molecule has 0 aliphatic rings. The van der Waals surface area contributed by atoms with Gasteiger partial charge in [-0.3, -0.25) is 0 Å². The van der Waals surface area contributed by atoms with Crippen LogP contribution < -0.4 is 4.90 Å². The van der Waals surface area contributed by atoms with Crippen LogP contribution in [0.3, 0.4) is 0 Å². The lowest BCUT2D eigenvalue weighted by Crippen LogP contribution is -2.09. The zero-order chi connectivity index (χ0) is 39.8. The standard InChI is InChI=1S/C58H39NS/c1-3-13-42(14-4-1)50-19-7-8-20-51(50)44-27-25-40(26-28-44)41-29-33-47(34-30-41)59(49-37-38-55-54-21-9-10-24-56(54)60-57(55)39-49)48-35-31-45(32-36-48)53-23-12-18-46-17-11-22-52(58(46)53)43-15-5-2-6-16-43/h1-39H. The Labute approximate surface area is 354 Å². The number of rotatable bonds is 8. The second kappa shape index (κ2) is 15.3. The predicted octanol–water partition coefficient (Wildman–Crippen LogP) is 17.0. The summed E-state index contributed by atoms with van der Waals surface area (Å²) in [5.74, 6) is 0. The summed E-state index contributed by atoms with van der Waals surface area (Å²) >= 11 is 1.86. The molecule has 0 aliphatic heterocycles. The van der Waals surface area contributed by atoms with Crippen LogP contribution in [0.1, 0.15) is 0 Å². The molecule has 1 nitrogen and oxygen atoms in total. The summed E-state index contributed by atoms with van der Waals surface area (Å²) in [4.78, 5) is 2.39. The van der Waals surface area contributed by atoms with Gasteiger partial charge in [-0.1, -0.05) is 194 Å². The van der Waals surface area contributed by atoms with E-state index in [1.807, 2.05) is 11.3 Å². The van der Waals surface area contributed by atoms with E-state index >= 15 is 0 Å². The van der Waals surface area contributed by atoms with Crippen molar-refractivity contribution in [2.45, 2.75) is 0 Å². The molecule has 0 aliphatic carbocycles. The Hall–Kier alpha value is -7.52. The van der Waals surface area contributed by atoms with Crippen LogP contribution in [0.15, 0.2) is 237 Å². The van der Waals surface area contributed by atoms with Crippen LogP contribution in [0.4, 0.5) is 17.1 Å². The summed E-state index contributed by atoms with van der Waals surface area (Å²) in [6, 6.07) is 86.0. The third kappa shape index (κ3) is 6.54. The molecule has 0 fully saturated rings. The van der Waals surface area contributed by atoms with Crippen molar-refractivity contribution in [3.63, 3.8) is 0 Å². The average molecular weight is 782 g/mol. The quantitative estimate of drug-likeness (QED) is 0.148. The van der Waals surface area contributed by atoms with Crippen molar-refractivity contribution in [1.82, 2.24) is 0 Å². The SMILES string of the molecule is c1ccc(-c2ccccc2-c2ccc(-c3ccc(N(c4ccc(-c5cccc6cccc(-c7ccccc7)c56)cc4)c4ccc5c(c4)sc4ccccc45)cc3)cc2)cc1. The van der Waals surface area contributed by atoms with Gasteiger partial charge in [-0.25, -0.2) is 0 Å². The van der Waals surface area contributed by atoms with Crippen LogP contribution in [0.25, 0.3) is 86.6 Å². The first-order valence-corrected chi connectivity index (χ1v) is 21.3. The first-order chi connectivity index (χ1) is 29.7. The average Bonchev–Trinajstić information content (AvgIpc) is 3.70. The van der Waals surface area contributed by atoms with Crippen molar-refractivity contribution in [2.75, 3.05) is 4.90 Å². The number of benzene rings is 10. The molecule has 0 atom stereocenters. The molecular formula is C58H39NS. The maximum atomic E-state index is 2.39. The molecule has 1 aromatic heterocycles. The number of fused-ring (bicyclic) bond motifs is 4. The third-order valence-corrected chi connectivity index (χ3v) is 12.8. The molecule has 60 heavy (non-hydrogen) atoms. The highest BCUT2D eigenvalue weighted by Gasteiger charge is 2.17. The topological polar surface area (TPSA) is 3.24 Å². The zero-order valence-electron chi connectivity index (χ0n) is 32.9. The lowest BCUT2D eigenvalue weighted by atomic mass is 9.91. The van der Waals surface area contributed by atoms with Crippen LogP contribution in [0.2, 0.25) is 0 Å². The van der Waals surface area contributed by atoms with E-state index in [0.29, 0.717) is 0 Å². The van der Waals surface area contributed by atoms with E-state index in [-0.39, 0.29) is 0 Å². The molecule has 282 valence electrons. The van der Waals surface area contributed by atoms with E-state index < -0.39 is 0 Å². The molecule has 0 unspecified atom stereocenters. The smallest absolute Gasteiger partial charge is 0.0476 e. The first kappa shape index (κ1) is 35.6. The lowest BCUT2D eigenvalue weighted by Gasteiger charge is -2.26. The second-order valence-electron chi connectivity index (χ2n) is 15.3. The molecule has 0 spiro atoms. The highest BCUT2D eigenvalue weighted by Crippen LogP contribution is 2.43. The highest BCUT2D eigenvalue weighted by atomic mass is 32.1. The molecule has 0 N–H and O–H groups in total. The van der Waals surface area contributed by atoms with Gasteiger partial charge < -0.3 is 4.90 Å². The van der Waals surface area contributed by atoms with Crippen LogP contribution in [0, 0.1) is 0 Å². The molecule has 0 radical (unpaired) electrons. The van der Waals surface area contributed by atoms with Gasteiger partial charge >= 0.3 is 0 Å². The molecule has 11 aromatic rings. The highest BCUT2D eigenvalue weighted by molar-refractivity contribution is 7.25. The third-order valence-electron chi connectivity index (χ3n) is 11.7. The molecular weight excluding hydrogens is 743 g/mol. The Balaban J connectivity index is 0.967. The molecule has 11 rings (SSSR count). The number of hydrogen-bond donors (Lipinski definition) is 0. The van der Waals surface area contributed by atoms with E-state index in [9.17, 15) is 0 Å². The molecule has 0 saturated heterocycles. The Morgan fingerprint density at radius 2 is 0.683 bits per heavy atom. The summed E-state index contributed by atoms with van der Waals surface area (Å²) in [6.45, 7) is 0. The van der Waals surface area contributed by atoms with Crippen molar-refractivity contribution in [1.29, 1.82) is 0 Å². The summed E-state index contributed by atoms with van der Waals surface area (Å²) in [7, 11) is 0. The Morgan fingerprint density at radius 3 is 1.30 bits per heavy atom. The van der Waals surface area contributed by atoms with Crippen LogP contribution >= 0.6 is 11.3 Å². The summed E-state index contributed by atoms with van der Waals surface area (Å²) < 4.78 is 2.59. The number of anilines is 3. The monoisotopic (exact) mass is 781 g/mol. The fourth-order valence-electron chi connectivity index (χ4n) is 8.78. The summed E-state index contributed by atoms with van der Waals surface area (Å²) in [6.07, 6.45) is 0. The van der Waals surface area contributed by atoms with Gasteiger partial charge in [0.25, 0.3) is 0 Å². The molecule has 2 heteroatoms. The van der Waals surface area contributed by atoms with Gasteiger partial charge in [-0.05, 0) is 109 Å². The van der Waals surface area contributed by atoms with E-state index in [1.54, 1.807) is 0 Å². The Kier molecular flexibility index (Phi) is 9.11. The van der Waals surface area contributed by atoms with Crippen molar-refractivity contribution < 1.29 is 0 Å². The largest absolute Gasteiger partial charge is 0.310 e. The number of hydrogen-bond acceptors (Lipinski definition) is 2. The molecule has 1 heterocycles. The van der Waals surface area contributed by atoms with Crippen LogP contribution in [0.5, 0.6) is 0 Å². The van der Waals surface area contributed by atoms with Gasteiger partial charge in [0, 0.05) is 37.2 Å². The van der Waals surface area contributed by atoms with Crippen molar-refractivity contribution >= 4 is 59.3 Å². The molecule has 0 bridgehead atoms. The number of thiophene rings is 1. The first-order valence-electron chi connectivity index (χ1n) is 20.5. The molecule has 10 aromatic carbocycles. The van der Waals surface area contributed by atoms with E-state index in [4.69, 9.17) is 0 Å². The van der Waals surface area contributed by atoms with Crippen LogP contribution in [-0.2, 0) is 0 Å². The van der Waals surface area contributed by atoms with E-state index in [2.05, 4.69) is 241 Å².